The van der Waals surface area contributed by atoms with Gasteiger partial charge in [0.25, 0.3) is 0 Å². The number of amidine groups is 1. The molecule has 0 heterocycles. The molecule has 0 unspecified atom stereocenters. The van der Waals surface area contributed by atoms with Gasteiger partial charge in [0, 0.05) is 13.5 Å². The minimum atomic E-state index is 0.716. The highest BCUT2D eigenvalue weighted by Gasteiger charge is 1.99. The topological polar surface area (TPSA) is 38.4 Å². The van der Waals surface area contributed by atoms with Crippen molar-refractivity contribution in [2.75, 3.05) is 7.05 Å². The van der Waals surface area contributed by atoms with E-state index in [1.54, 1.807) is 7.05 Å². The Morgan fingerprint density at radius 2 is 1.75 bits per heavy atom. The first-order chi connectivity index (χ1) is 7.61. The smallest absolute Gasteiger partial charge is 0.0936 e. The van der Waals surface area contributed by atoms with Crippen LogP contribution in [-0.4, -0.2) is 12.9 Å². The van der Waals surface area contributed by atoms with E-state index in [9.17, 15) is 0 Å². The van der Waals surface area contributed by atoms with Gasteiger partial charge in [-0.25, -0.2) is 0 Å². The number of benzene rings is 1. The summed E-state index contributed by atoms with van der Waals surface area (Å²) in [6.07, 6.45) is 2.98. The molecule has 0 aliphatic heterocycles. The highest BCUT2D eigenvalue weighted by atomic mass is 14.8. The monoisotopic (exact) mass is 218 g/mol. The largest absolute Gasteiger partial charge is 0.387 e. The first kappa shape index (κ1) is 12.8. The summed E-state index contributed by atoms with van der Waals surface area (Å²) in [5.74, 6) is 1.44. The number of hydrogen-bond donors (Lipinski definition) is 1. The average molecular weight is 218 g/mol. The van der Waals surface area contributed by atoms with Crippen LogP contribution >= 0.6 is 0 Å². The molecule has 1 aromatic rings. The summed E-state index contributed by atoms with van der Waals surface area (Å²) in [4.78, 5) is 3.95. The summed E-state index contributed by atoms with van der Waals surface area (Å²) in [6.45, 7) is 4.48. The summed E-state index contributed by atoms with van der Waals surface area (Å²) < 4.78 is 0. The van der Waals surface area contributed by atoms with Crippen molar-refractivity contribution >= 4 is 5.84 Å². The summed E-state index contributed by atoms with van der Waals surface area (Å²) in [5, 5.41) is 0. The molecule has 1 aromatic carbocycles. The predicted molar refractivity (Wildman–Crippen MR) is 70.9 cm³/mol. The van der Waals surface area contributed by atoms with Crippen LogP contribution in [0.5, 0.6) is 0 Å². The summed E-state index contributed by atoms with van der Waals surface area (Å²) in [7, 11) is 1.74. The third-order valence-electron chi connectivity index (χ3n) is 2.62. The normalized spacial score (nSPS) is 12.1. The van der Waals surface area contributed by atoms with E-state index in [0.717, 1.165) is 25.1 Å². The molecule has 2 N–H and O–H groups in total. The van der Waals surface area contributed by atoms with Crippen molar-refractivity contribution in [2.45, 2.75) is 33.1 Å². The van der Waals surface area contributed by atoms with E-state index in [1.807, 2.05) is 0 Å². The van der Waals surface area contributed by atoms with Crippen LogP contribution in [0.25, 0.3) is 0 Å². The van der Waals surface area contributed by atoms with Gasteiger partial charge in [-0.15, -0.1) is 0 Å². The standard InChI is InChI=1S/C14H22N2/c1-11(2)10-13-6-4-12(5-7-13)8-9-14(15)16-3/h4-7,11H,8-10H2,1-3H3,(H2,15,16). The maximum absolute atomic E-state index is 5.67. The zero-order valence-corrected chi connectivity index (χ0v) is 10.5. The van der Waals surface area contributed by atoms with Crippen LogP contribution in [0.15, 0.2) is 29.3 Å². The molecule has 2 heteroatoms. The molecule has 0 aliphatic rings. The molecule has 0 spiro atoms. The first-order valence-electron chi connectivity index (χ1n) is 5.90. The Bertz CT molecular complexity index is 336. The highest BCUT2D eigenvalue weighted by Crippen LogP contribution is 2.10. The molecule has 0 aliphatic carbocycles. The minimum Gasteiger partial charge on any atom is -0.387 e. The van der Waals surface area contributed by atoms with E-state index in [-0.39, 0.29) is 0 Å². The Morgan fingerprint density at radius 3 is 2.25 bits per heavy atom. The molecular formula is C14H22N2. The zero-order valence-electron chi connectivity index (χ0n) is 10.5. The van der Waals surface area contributed by atoms with Crippen molar-refractivity contribution in [3.63, 3.8) is 0 Å². The van der Waals surface area contributed by atoms with Crippen molar-refractivity contribution in [1.29, 1.82) is 0 Å². The van der Waals surface area contributed by atoms with Crippen LogP contribution in [0.1, 0.15) is 31.4 Å². The van der Waals surface area contributed by atoms with Crippen molar-refractivity contribution < 1.29 is 0 Å². The number of nitrogens with two attached hydrogens (primary N) is 1. The number of nitrogens with zero attached hydrogens (tertiary/aromatic N) is 1. The zero-order chi connectivity index (χ0) is 12.0. The Labute approximate surface area is 98.6 Å². The van der Waals surface area contributed by atoms with Gasteiger partial charge in [0.1, 0.15) is 0 Å². The number of aliphatic imine (C=N–C) groups is 1. The summed E-state index contributed by atoms with van der Waals surface area (Å²) >= 11 is 0. The molecule has 88 valence electrons. The van der Waals surface area contributed by atoms with E-state index >= 15 is 0 Å². The van der Waals surface area contributed by atoms with Crippen LogP contribution in [0.2, 0.25) is 0 Å². The molecule has 2 nitrogen and oxygen atoms in total. The Morgan fingerprint density at radius 1 is 1.19 bits per heavy atom. The second kappa shape index (κ2) is 6.31. The van der Waals surface area contributed by atoms with Crippen molar-refractivity contribution in [3.8, 4) is 0 Å². The van der Waals surface area contributed by atoms with Gasteiger partial charge >= 0.3 is 0 Å². The lowest BCUT2D eigenvalue weighted by atomic mass is 10.0. The van der Waals surface area contributed by atoms with Gasteiger partial charge in [-0.2, -0.15) is 0 Å². The van der Waals surface area contributed by atoms with Gasteiger partial charge in [0.05, 0.1) is 5.84 Å². The molecule has 0 saturated heterocycles. The molecule has 0 bridgehead atoms. The van der Waals surface area contributed by atoms with E-state index in [0.29, 0.717) is 5.92 Å². The van der Waals surface area contributed by atoms with Crippen molar-refractivity contribution in [1.82, 2.24) is 0 Å². The molecule has 0 aromatic heterocycles. The van der Waals surface area contributed by atoms with E-state index in [1.165, 1.54) is 11.1 Å². The van der Waals surface area contributed by atoms with Gasteiger partial charge in [0.15, 0.2) is 0 Å². The van der Waals surface area contributed by atoms with Gasteiger partial charge < -0.3 is 5.73 Å². The van der Waals surface area contributed by atoms with Gasteiger partial charge in [-0.05, 0) is 29.9 Å². The molecule has 1 rings (SSSR count). The van der Waals surface area contributed by atoms with E-state index in [4.69, 9.17) is 5.73 Å². The Hall–Kier alpha value is -1.31. The fraction of sp³-hybridized carbons (Fsp3) is 0.500. The van der Waals surface area contributed by atoms with Crippen molar-refractivity contribution in [3.05, 3.63) is 35.4 Å². The van der Waals surface area contributed by atoms with E-state index in [2.05, 4.69) is 43.1 Å². The number of hydrogen-bond acceptors (Lipinski definition) is 1. The summed E-state index contributed by atoms with van der Waals surface area (Å²) in [6, 6.07) is 8.82. The van der Waals surface area contributed by atoms with Gasteiger partial charge in [0.2, 0.25) is 0 Å². The van der Waals surface area contributed by atoms with Crippen LogP contribution < -0.4 is 5.73 Å². The van der Waals surface area contributed by atoms with E-state index < -0.39 is 0 Å². The van der Waals surface area contributed by atoms with Crippen molar-refractivity contribution in [2.24, 2.45) is 16.6 Å². The van der Waals surface area contributed by atoms with Crippen LogP contribution in [0.3, 0.4) is 0 Å². The second-order valence-corrected chi connectivity index (χ2v) is 4.63. The predicted octanol–water partition coefficient (Wildman–Crippen LogP) is 2.80. The lowest BCUT2D eigenvalue weighted by Gasteiger charge is -2.06. The van der Waals surface area contributed by atoms with Crippen LogP contribution in [0.4, 0.5) is 0 Å². The maximum atomic E-state index is 5.67. The average Bonchev–Trinajstić information content (AvgIpc) is 2.27. The fourth-order valence-electron chi connectivity index (χ4n) is 1.70. The Balaban J connectivity index is 2.51. The molecule has 0 amide bonds. The SMILES string of the molecule is CN=C(N)CCc1ccc(CC(C)C)cc1. The fourth-order valence-corrected chi connectivity index (χ4v) is 1.70. The first-order valence-corrected chi connectivity index (χ1v) is 5.90. The molecule has 0 radical (unpaired) electrons. The third kappa shape index (κ3) is 4.47. The highest BCUT2D eigenvalue weighted by molar-refractivity contribution is 5.80. The second-order valence-electron chi connectivity index (χ2n) is 4.63. The molecular weight excluding hydrogens is 196 g/mol. The molecule has 0 atom stereocenters. The maximum Gasteiger partial charge on any atom is 0.0936 e. The molecule has 0 saturated carbocycles. The molecule has 0 fully saturated rings. The minimum absolute atomic E-state index is 0.716. The third-order valence-corrected chi connectivity index (χ3v) is 2.62. The molecule has 16 heavy (non-hydrogen) atoms. The lowest BCUT2D eigenvalue weighted by Crippen LogP contribution is -2.12. The quantitative estimate of drug-likeness (QED) is 0.599. The van der Waals surface area contributed by atoms with Crippen LogP contribution in [0, 0.1) is 5.92 Å². The Kier molecular flexibility index (Phi) is 5.03. The number of aryl methyl sites for hydroxylation is 1. The van der Waals surface area contributed by atoms with Gasteiger partial charge in [-0.3, -0.25) is 4.99 Å². The summed E-state index contributed by atoms with van der Waals surface area (Å²) in [5.41, 5.74) is 8.41. The van der Waals surface area contributed by atoms with Crippen LogP contribution in [-0.2, 0) is 12.8 Å². The number of rotatable bonds is 5. The lowest BCUT2D eigenvalue weighted by molar-refractivity contribution is 0.647. The van der Waals surface area contributed by atoms with Gasteiger partial charge in [-0.1, -0.05) is 38.1 Å².